The fraction of sp³-hybridized carbons (Fsp3) is 0.273. The number of hydrogen-bond donors (Lipinski definition) is 1. The molecule has 0 spiro atoms. The predicted octanol–water partition coefficient (Wildman–Crippen LogP) is 3.20. The quantitative estimate of drug-likeness (QED) is 0.307. The highest BCUT2D eigenvalue weighted by atomic mass is 32.2. The predicted molar refractivity (Wildman–Crippen MR) is 123 cm³/mol. The Morgan fingerprint density at radius 2 is 1.74 bits per heavy atom. The number of amides is 2. The van der Waals surface area contributed by atoms with Gasteiger partial charge >= 0.3 is 0 Å². The summed E-state index contributed by atoms with van der Waals surface area (Å²) in [5.74, 6) is 0.819. The van der Waals surface area contributed by atoms with Crippen molar-refractivity contribution < 1.29 is 19.1 Å². The zero-order valence-corrected chi connectivity index (χ0v) is 18.4. The second-order valence-corrected chi connectivity index (χ2v) is 7.88. The van der Waals surface area contributed by atoms with E-state index in [4.69, 9.17) is 15.2 Å². The number of thioether (sulfide) groups is 1. The molecule has 2 amide bonds. The van der Waals surface area contributed by atoms with E-state index in [0.29, 0.717) is 23.8 Å². The monoisotopic (exact) mass is 440 g/mol. The Morgan fingerprint density at radius 1 is 1.10 bits per heavy atom. The lowest BCUT2D eigenvalue weighted by atomic mass is 10.1. The first-order valence-corrected chi connectivity index (χ1v) is 10.6. The van der Waals surface area contributed by atoms with Crippen LogP contribution in [0, 0.1) is 0 Å². The average molecular weight is 441 g/mol. The second kappa shape index (κ2) is 10.1. The van der Waals surface area contributed by atoms with Gasteiger partial charge in [-0.05, 0) is 67.9 Å². The van der Waals surface area contributed by atoms with Crippen molar-refractivity contribution in [2.24, 2.45) is 15.9 Å². The molecule has 9 heteroatoms. The van der Waals surface area contributed by atoms with E-state index in [1.165, 1.54) is 4.90 Å². The SMILES string of the molecule is CCOc1ccc(N2C(=O)CC(SC(N)=NN=C(C)c3ccc(OC)cc3)C2=O)cc1. The summed E-state index contributed by atoms with van der Waals surface area (Å²) in [5.41, 5.74) is 8.00. The van der Waals surface area contributed by atoms with Gasteiger partial charge in [0.2, 0.25) is 11.8 Å². The molecule has 1 aliphatic rings. The normalized spacial score (nSPS) is 17.3. The maximum absolute atomic E-state index is 12.8. The first-order chi connectivity index (χ1) is 14.9. The van der Waals surface area contributed by atoms with E-state index in [2.05, 4.69) is 10.2 Å². The van der Waals surface area contributed by atoms with Crippen molar-refractivity contribution in [2.45, 2.75) is 25.5 Å². The fourth-order valence-electron chi connectivity index (χ4n) is 3.01. The minimum atomic E-state index is -0.640. The topological polar surface area (TPSA) is 107 Å². The van der Waals surface area contributed by atoms with Crippen LogP contribution in [-0.4, -0.2) is 41.7 Å². The van der Waals surface area contributed by atoms with Crippen LogP contribution in [0.3, 0.4) is 0 Å². The third-order valence-electron chi connectivity index (χ3n) is 4.58. The van der Waals surface area contributed by atoms with Gasteiger partial charge in [-0.1, -0.05) is 11.8 Å². The number of amidine groups is 1. The van der Waals surface area contributed by atoms with E-state index in [9.17, 15) is 9.59 Å². The molecule has 0 radical (unpaired) electrons. The first-order valence-electron chi connectivity index (χ1n) is 9.71. The number of carbonyl (C=O) groups excluding carboxylic acids is 2. The van der Waals surface area contributed by atoms with Crippen LogP contribution in [-0.2, 0) is 9.59 Å². The van der Waals surface area contributed by atoms with Crippen LogP contribution in [0.1, 0.15) is 25.8 Å². The highest BCUT2D eigenvalue weighted by Gasteiger charge is 2.40. The lowest BCUT2D eigenvalue weighted by Gasteiger charge is -2.15. The molecule has 0 aliphatic carbocycles. The number of nitrogens with zero attached hydrogens (tertiary/aromatic N) is 3. The van der Waals surface area contributed by atoms with Crippen LogP contribution in [0.25, 0.3) is 0 Å². The number of imide groups is 1. The lowest BCUT2D eigenvalue weighted by molar-refractivity contribution is -0.121. The van der Waals surface area contributed by atoms with Crippen molar-refractivity contribution in [2.75, 3.05) is 18.6 Å². The molecule has 8 nitrogen and oxygen atoms in total. The van der Waals surface area contributed by atoms with Gasteiger partial charge in [0.15, 0.2) is 5.17 Å². The molecule has 1 aliphatic heterocycles. The molecule has 1 fully saturated rings. The summed E-state index contributed by atoms with van der Waals surface area (Å²) in [5, 5.41) is 7.62. The summed E-state index contributed by atoms with van der Waals surface area (Å²) in [7, 11) is 1.60. The molecule has 1 atom stereocenters. The molecule has 1 heterocycles. The van der Waals surface area contributed by atoms with E-state index in [1.807, 2.05) is 31.2 Å². The maximum Gasteiger partial charge on any atom is 0.247 e. The lowest BCUT2D eigenvalue weighted by Crippen LogP contribution is -2.31. The van der Waals surface area contributed by atoms with Crippen LogP contribution in [0.2, 0.25) is 0 Å². The number of anilines is 1. The molecule has 0 bridgehead atoms. The molecular formula is C22H24N4O4S. The van der Waals surface area contributed by atoms with Crippen LogP contribution < -0.4 is 20.1 Å². The van der Waals surface area contributed by atoms with Crippen LogP contribution in [0.15, 0.2) is 58.7 Å². The van der Waals surface area contributed by atoms with Gasteiger partial charge in [0.1, 0.15) is 16.7 Å². The van der Waals surface area contributed by atoms with E-state index in [1.54, 1.807) is 38.3 Å². The molecule has 0 saturated carbocycles. The number of methoxy groups -OCH3 is 1. The van der Waals surface area contributed by atoms with E-state index < -0.39 is 5.25 Å². The number of nitrogens with two attached hydrogens (primary N) is 1. The first kappa shape index (κ1) is 22.4. The number of ether oxygens (including phenoxy) is 2. The minimum absolute atomic E-state index is 0.0497. The smallest absolute Gasteiger partial charge is 0.247 e. The van der Waals surface area contributed by atoms with Gasteiger partial charge in [-0.2, -0.15) is 5.10 Å². The number of hydrogen-bond acceptors (Lipinski definition) is 7. The standard InChI is InChI=1S/C22H24N4O4S/c1-4-30-18-11-7-16(8-12-18)26-20(27)13-19(21(26)28)31-22(23)25-24-14(2)15-5-9-17(29-3)10-6-15/h5-12,19H,4,13H2,1-3H3,(H2,23,25). The molecule has 31 heavy (non-hydrogen) atoms. The van der Waals surface area contributed by atoms with Crippen molar-refractivity contribution in [1.82, 2.24) is 0 Å². The summed E-state index contributed by atoms with van der Waals surface area (Å²) in [6.45, 7) is 4.23. The largest absolute Gasteiger partial charge is 0.497 e. The Hall–Kier alpha value is -3.33. The van der Waals surface area contributed by atoms with Crippen molar-refractivity contribution in [3.8, 4) is 11.5 Å². The molecule has 3 rings (SSSR count). The van der Waals surface area contributed by atoms with Crippen LogP contribution >= 0.6 is 11.8 Å². The van der Waals surface area contributed by atoms with Gasteiger partial charge in [0.25, 0.3) is 0 Å². The maximum atomic E-state index is 12.8. The average Bonchev–Trinajstić information content (AvgIpc) is 3.05. The molecule has 1 unspecified atom stereocenters. The zero-order valence-electron chi connectivity index (χ0n) is 17.6. The van der Waals surface area contributed by atoms with Crippen molar-refractivity contribution in [1.29, 1.82) is 0 Å². The summed E-state index contributed by atoms with van der Waals surface area (Å²) < 4.78 is 10.5. The molecule has 0 aromatic heterocycles. The molecule has 1 saturated heterocycles. The molecule has 162 valence electrons. The third kappa shape index (κ3) is 5.43. The summed E-state index contributed by atoms with van der Waals surface area (Å²) in [4.78, 5) is 26.4. The molecule has 2 aromatic carbocycles. The minimum Gasteiger partial charge on any atom is -0.497 e. The Kier molecular flexibility index (Phi) is 7.30. The van der Waals surface area contributed by atoms with E-state index in [-0.39, 0.29) is 23.4 Å². The highest BCUT2D eigenvalue weighted by Crippen LogP contribution is 2.30. The van der Waals surface area contributed by atoms with Crippen molar-refractivity contribution in [3.63, 3.8) is 0 Å². The highest BCUT2D eigenvalue weighted by molar-refractivity contribution is 8.14. The molecular weight excluding hydrogens is 416 g/mol. The number of carbonyl (C=O) groups is 2. The third-order valence-corrected chi connectivity index (χ3v) is 5.56. The summed E-state index contributed by atoms with van der Waals surface area (Å²) in [6.07, 6.45) is 0.0497. The summed E-state index contributed by atoms with van der Waals surface area (Å²) in [6, 6.07) is 14.2. The fourth-order valence-corrected chi connectivity index (χ4v) is 3.82. The van der Waals surface area contributed by atoms with Gasteiger partial charge in [-0.15, -0.1) is 5.10 Å². The van der Waals surface area contributed by atoms with E-state index in [0.717, 1.165) is 23.1 Å². The number of benzene rings is 2. The Labute approximate surface area is 185 Å². The van der Waals surface area contributed by atoms with Crippen molar-refractivity contribution in [3.05, 3.63) is 54.1 Å². The van der Waals surface area contributed by atoms with Gasteiger partial charge in [-0.3, -0.25) is 9.59 Å². The number of rotatable bonds is 7. The Bertz CT molecular complexity index is 1000. The second-order valence-electron chi connectivity index (χ2n) is 6.66. The van der Waals surface area contributed by atoms with Crippen LogP contribution in [0.4, 0.5) is 5.69 Å². The Morgan fingerprint density at radius 3 is 2.35 bits per heavy atom. The zero-order chi connectivity index (χ0) is 22.4. The van der Waals surface area contributed by atoms with Gasteiger partial charge in [0.05, 0.1) is 25.1 Å². The molecule has 2 aromatic rings. The van der Waals surface area contributed by atoms with Crippen LogP contribution in [0.5, 0.6) is 11.5 Å². The molecule has 2 N–H and O–H groups in total. The van der Waals surface area contributed by atoms with Crippen molar-refractivity contribution >= 4 is 40.1 Å². The van der Waals surface area contributed by atoms with Gasteiger partial charge < -0.3 is 15.2 Å². The summed E-state index contributed by atoms with van der Waals surface area (Å²) >= 11 is 1.04. The Balaban J connectivity index is 1.66. The van der Waals surface area contributed by atoms with Gasteiger partial charge in [-0.25, -0.2) is 4.90 Å². The van der Waals surface area contributed by atoms with Gasteiger partial charge in [0, 0.05) is 6.42 Å². The van der Waals surface area contributed by atoms with E-state index >= 15 is 0 Å².